The Morgan fingerprint density at radius 1 is 1.38 bits per heavy atom. The zero-order valence-corrected chi connectivity index (χ0v) is 8.08. The number of carboxylic acid groups (broad SMARTS) is 1. The van der Waals surface area contributed by atoms with Gasteiger partial charge in [0.05, 0.1) is 0 Å². The highest BCUT2D eigenvalue weighted by atomic mass is 19.4. The lowest BCUT2D eigenvalue weighted by Gasteiger charge is -2.07. The third kappa shape index (κ3) is 7.60. The standard InChI is InChI=1S/C9H9F3O4/c1-6(3-2-4-7(13)14)8(15)16-5-9(10,11)12/h2,4H,1,3,5H2,(H,13,14). The highest BCUT2D eigenvalue weighted by molar-refractivity contribution is 5.88. The van der Waals surface area contributed by atoms with Crippen LogP contribution in [-0.4, -0.2) is 29.8 Å². The molecule has 0 aromatic rings. The number of carbonyl (C=O) groups excluding carboxylic acids is 1. The highest BCUT2D eigenvalue weighted by Gasteiger charge is 2.29. The molecule has 1 N–H and O–H groups in total. The first-order valence-corrected chi connectivity index (χ1v) is 4.03. The van der Waals surface area contributed by atoms with Crippen molar-refractivity contribution in [2.75, 3.05) is 6.61 Å². The van der Waals surface area contributed by atoms with Gasteiger partial charge in [-0.2, -0.15) is 13.2 Å². The summed E-state index contributed by atoms with van der Waals surface area (Å²) in [6, 6.07) is 0. The predicted molar refractivity (Wildman–Crippen MR) is 47.5 cm³/mol. The van der Waals surface area contributed by atoms with Crippen LogP contribution in [0.25, 0.3) is 0 Å². The van der Waals surface area contributed by atoms with Gasteiger partial charge in [0.1, 0.15) is 0 Å². The number of carbonyl (C=O) groups is 2. The maximum atomic E-state index is 11.6. The van der Waals surface area contributed by atoms with Crippen LogP contribution in [0.15, 0.2) is 24.3 Å². The van der Waals surface area contributed by atoms with Crippen LogP contribution in [0.5, 0.6) is 0 Å². The number of allylic oxidation sites excluding steroid dienone is 1. The van der Waals surface area contributed by atoms with E-state index in [2.05, 4.69) is 11.3 Å². The Bertz CT molecular complexity index is 317. The number of rotatable bonds is 5. The van der Waals surface area contributed by atoms with Crippen molar-refractivity contribution in [3.05, 3.63) is 24.3 Å². The van der Waals surface area contributed by atoms with E-state index in [-0.39, 0.29) is 12.0 Å². The van der Waals surface area contributed by atoms with Crippen molar-refractivity contribution in [2.45, 2.75) is 12.6 Å². The molecule has 0 heterocycles. The zero-order valence-electron chi connectivity index (χ0n) is 8.08. The van der Waals surface area contributed by atoms with Gasteiger partial charge in [-0.3, -0.25) is 0 Å². The monoisotopic (exact) mass is 238 g/mol. The van der Waals surface area contributed by atoms with E-state index in [4.69, 9.17) is 5.11 Å². The van der Waals surface area contributed by atoms with Crippen molar-refractivity contribution in [3.63, 3.8) is 0 Å². The first-order valence-electron chi connectivity index (χ1n) is 4.03. The SMILES string of the molecule is C=C(CC=CC(=O)O)C(=O)OCC(F)(F)F. The van der Waals surface area contributed by atoms with Crippen LogP contribution < -0.4 is 0 Å². The number of alkyl halides is 3. The molecular weight excluding hydrogens is 229 g/mol. The van der Waals surface area contributed by atoms with Crippen LogP contribution in [0.4, 0.5) is 13.2 Å². The molecule has 16 heavy (non-hydrogen) atoms. The van der Waals surface area contributed by atoms with E-state index in [0.29, 0.717) is 0 Å². The van der Waals surface area contributed by atoms with Gasteiger partial charge in [0, 0.05) is 11.6 Å². The van der Waals surface area contributed by atoms with Crippen molar-refractivity contribution in [1.29, 1.82) is 0 Å². The molecule has 90 valence electrons. The molecule has 0 rings (SSSR count). The van der Waals surface area contributed by atoms with Crippen LogP contribution >= 0.6 is 0 Å². The van der Waals surface area contributed by atoms with E-state index < -0.39 is 24.7 Å². The molecule has 0 spiro atoms. The van der Waals surface area contributed by atoms with Gasteiger partial charge < -0.3 is 9.84 Å². The highest BCUT2D eigenvalue weighted by Crippen LogP contribution is 2.15. The Morgan fingerprint density at radius 2 is 1.94 bits per heavy atom. The average Bonchev–Trinajstić information content (AvgIpc) is 2.12. The maximum absolute atomic E-state index is 11.6. The summed E-state index contributed by atoms with van der Waals surface area (Å²) in [6.07, 6.45) is -2.93. The number of carboxylic acids is 1. The lowest BCUT2D eigenvalue weighted by atomic mass is 10.2. The molecule has 0 saturated heterocycles. The van der Waals surface area contributed by atoms with E-state index in [1.807, 2.05) is 0 Å². The molecule has 0 radical (unpaired) electrons. The maximum Gasteiger partial charge on any atom is 0.422 e. The molecule has 0 aliphatic rings. The lowest BCUT2D eigenvalue weighted by Crippen LogP contribution is -2.20. The van der Waals surface area contributed by atoms with E-state index in [1.54, 1.807) is 0 Å². The van der Waals surface area contributed by atoms with Crippen LogP contribution in [0.2, 0.25) is 0 Å². The minimum atomic E-state index is -4.59. The van der Waals surface area contributed by atoms with Gasteiger partial charge >= 0.3 is 18.1 Å². The van der Waals surface area contributed by atoms with Gasteiger partial charge in [0.2, 0.25) is 0 Å². The zero-order chi connectivity index (χ0) is 12.8. The Labute approximate surface area is 89.0 Å². The lowest BCUT2D eigenvalue weighted by molar-refractivity contribution is -0.183. The van der Waals surface area contributed by atoms with Gasteiger partial charge in [-0.1, -0.05) is 12.7 Å². The Hall–Kier alpha value is -1.79. The summed E-state index contributed by atoms with van der Waals surface area (Å²) in [5.41, 5.74) is -0.248. The van der Waals surface area contributed by atoms with Crippen molar-refractivity contribution >= 4 is 11.9 Å². The van der Waals surface area contributed by atoms with Crippen LogP contribution in [0.3, 0.4) is 0 Å². The molecule has 0 amide bonds. The van der Waals surface area contributed by atoms with Crippen LogP contribution in [-0.2, 0) is 14.3 Å². The summed E-state index contributed by atoms with van der Waals surface area (Å²) in [5, 5.41) is 8.19. The number of hydrogen-bond acceptors (Lipinski definition) is 3. The van der Waals surface area contributed by atoms with Crippen LogP contribution in [0.1, 0.15) is 6.42 Å². The van der Waals surface area contributed by atoms with Gasteiger partial charge in [-0.05, 0) is 6.42 Å². The Balaban J connectivity index is 4.01. The summed E-state index contributed by atoms with van der Waals surface area (Å²) in [6.45, 7) is 1.48. The molecule has 0 aliphatic carbocycles. The van der Waals surface area contributed by atoms with Gasteiger partial charge in [-0.15, -0.1) is 0 Å². The average molecular weight is 238 g/mol. The minimum Gasteiger partial charge on any atom is -0.478 e. The van der Waals surface area contributed by atoms with Crippen molar-refractivity contribution in [2.24, 2.45) is 0 Å². The summed E-state index contributed by atoms with van der Waals surface area (Å²) in [5.74, 6) is -2.43. The fourth-order valence-electron chi connectivity index (χ4n) is 0.635. The quantitative estimate of drug-likeness (QED) is 0.584. The van der Waals surface area contributed by atoms with E-state index in [0.717, 1.165) is 12.2 Å². The number of hydrogen-bond donors (Lipinski definition) is 1. The summed E-state index contributed by atoms with van der Waals surface area (Å²) in [7, 11) is 0. The second-order valence-corrected chi connectivity index (χ2v) is 2.74. The second kappa shape index (κ2) is 5.94. The normalized spacial score (nSPS) is 11.4. The van der Waals surface area contributed by atoms with Crippen molar-refractivity contribution in [1.82, 2.24) is 0 Å². The Morgan fingerprint density at radius 3 is 2.38 bits per heavy atom. The number of esters is 1. The molecule has 0 fully saturated rings. The summed E-state index contributed by atoms with van der Waals surface area (Å²) >= 11 is 0. The molecule has 7 heteroatoms. The first kappa shape index (κ1) is 14.2. The van der Waals surface area contributed by atoms with Crippen molar-refractivity contribution in [3.8, 4) is 0 Å². The van der Waals surface area contributed by atoms with Gasteiger partial charge in [0.15, 0.2) is 6.61 Å². The fraction of sp³-hybridized carbons (Fsp3) is 0.333. The van der Waals surface area contributed by atoms with E-state index in [9.17, 15) is 22.8 Å². The van der Waals surface area contributed by atoms with Crippen molar-refractivity contribution < 1.29 is 32.6 Å². The number of halogens is 3. The van der Waals surface area contributed by atoms with Gasteiger partial charge in [0.25, 0.3) is 0 Å². The van der Waals surface area contributed by atoms with E-state index in [1.165, 1.54) is 0 Å². The van der Waals surface area contributed by atoms with E-state index >= 15 is 0 Å². The third-order valence-corrected chi connectivity index (χ3v) is 1.28. The third-order valence-electron chi connectivity index (χ3n) is 1.28. The smallest absolute Gasteiger partial charge is 0.422 e. The van der Waals surface area contributed by atoms with Gasteiger partial charge in [-0.25, -0.2) is 9.59 Å². The molecule has 0 atom stereocenters. The fourth-order valence-corrected chi connectivity index (χ4v) is 0.635. The largest absolute Gasteiger partial charge is 0.478 e. The molecule has 0 aromatic heterocycles. The second-order valence-electron chi connectivity index (χ2n) is 2.74. The predicted octanol–water partition coefficient (Wildman–Crippen LogP) is 1.68. The molecule has 4 nitrogen and oxygen atoms in total. The molecule has 0 aromatic carbocycles. The topological polar surface area (TPSA) is 63.6 Å². The molecule has 0 aliphatic heterocycles. The number of aliphatic carboxylic acids is 1. The summed E-state index contributed by atoms with van der Waals surface area (Å²) in [4.78, 5) is 20.9. The molecule has 0 saturated carbocycles. The minimum absolute atomic E-state index is 0.178. The Kier molecular flexibility index (Phi) is 5.27. The van der Waals surface area contributed by atoms with Crippen LogP contribution in [0, 0.1) is 0 Å². The number of ether oxygens (including phenoxy) is 1. The molecule has 0 unspecified atom stereocenters. The molecular formula is C9H9F3O4. The first-order chi connectivity index (χ1) is 7.22. The molecule has 0 bridgehead atoms. The summed E-state index contributed by atoms with van der Waals surface area (Å²) < 4.78 is 38.8.